The van der Waals surface area contributed by atoms with Crippen LogP contribution in [-0.4, -0.2) is 4.57 Å². The van der Waals surface area contributed by atoms with Crippen LogP contribution < -0.4 is 0 Å². The second-order valence-electron chi connectivity index (χ2n) is 12.2. The molecule has 43 heavy (non-hydrogen) atoms. The van der Waals surface area contributed by atoms with E-state index in [4.69, 9.17) is 4.42 Å². The van der Waals surface area contributed by atoms with E-state index >= 15 is 0 Å². The number of rotatable bonds is 2. The molecule has 0 atom stereocenters. The van der Waals surface area contributed by atoms with Gasteiger partial charge in [0.25, 0.3) is 0 Å². The van der Waals surface area contributed by atoms with Crippen molar-refractivity contribution in [3.63, 3.8) is 0 Å². The third kappa shape index (κ3) is 3.20. The van der Waals surface area contributed by atoms with Gasteiger partial charge < -0.3 is 8.98 Å². The SMILES string of the molecule is CC1(C)c2ccccc2-c2cc3c(cc21)oc1cc(-c2c(C#N)cccc2-n2c4c(c5ccccc52)C=CCC4)c#cc13. The molecule has 0 fully saturated rings. The Morgan fingerprint density at radius 3 is 2.60 bits per heavy atom. The third-order valence-electron chi connectivity index (χ3n) is 9.54. The van der Waals surface area contributed by atoms with Crippen LogP contribution in [0, 0.1) is 23.5 Å². The largest absolute Gasteiger partial charge is 0.455 e. The van der Waals surface area contributed by atoms with E-state index in [1.54, 1.807) is 0 Å². The van der Waals surface area contributed by atoms with Crippen LogP contribution in [0.15, 0.2) is 95.4 Å². The summed E-state index contributed by atoms with van der Waals surface area (Å²) in [7, 11) is 0. The van der Waals surface area contributed by atoms with Gasteiger partial charge in [0, 0.05) is 38.6 Å². The lowest BCUT2D eigenvalue weighted by atomic mass is 9.82. The fourth-order valence-electron chi connectivity index (χ4n) is 7.52. The highest BCUT2D eigenvalue weighted by atomic mass is 16.3. The molecule has 0 spiro atoms. The van der Waals surface area contributed by atoms with Gasteiger partial charge >= 0.3 is 0 Å². The average molecular weight is 551 g/mol. The molecule has 7 aromatic rings. The molecule has 0 bridgehead atoms. The molecule has 2 heterocycles. The number of nitriles is 1. The summed E-state index contributed by atoms with van der Waals surface area (Å²) in [6.45, 7) is 4.56. The Labute approximate surface area is 249 Å². The van der Waals surface area contributed by atoms with Crippen molar-refractivity contribution in [1.82, 2.24) is 4.57 Å². The highest BCUT2D eigenvalue weighted by Crippen LogP contribution is 2.50. The zero-order valence-electron chi connectivity index (χ0n) is 24.0. The molecule has 3 nitrogen and oxygen atoms in total. The first-order valence-corrected chi connectivity index (χ1v) is 14.8. The fourth-order valence-corrected chi connectivity index (χ4v) is 7.52. The first-order valence-electron chi connectivity index (χ1n) is 14.8. The minimum atomic E-state index is -0.103. The predicted molar refractivity (Wildman–Crippen MR) is 173 cm³/mol. The molecule has 0 unspecified atom stereocenters. The Morgan fingerprint density at radius 2 is 1.70 bits per heavy atom. The van der Waals surface area contributed by atoms with E-state index in [0.717, 1.165) is 57.1 Å². The van der Waals surface area contributed by atoms with Crippen molar-refractivity contribution in [2.75, 3.05) is 0 Å². The second kappa shape index (κ2) is 8.51. The van der Waals surface area contributed by atoms with E-state index in [1.165, 1.54) is 38.9 Å². The van der Waals surface area contributed by atoms with Crippen LogP contribution in [0.3, 0.4) is 0 Å². The second-order valence-corrected chi connectivity index (χ2v) is 12.2. The predicted octanol–water partition coefficient (Wildman–Crippen LogP) is 9.93. The summed E-state index contributed by atoms with van der Waals surface area (Å²) < 4.78 is 8.89. The molecule has 2 aliphatic carbocycles. The maximum absolute atomic E-state index is 10.3. The summed E-state index contributed by atoms with van der Waals surface area (Å²) in [5.41, 5.74) is 13.6. The Hall–Kier alpha value is -5.51. The zero-order chi connectivity index (χ0) is 28.9. The average Bonchev–Trinajstić information content (AvgIpc) is 3.65. The van der Waals surface area contributed by atoms with Gasteiger partial charge in [0.15, 0.2) is 0 Å². The smallest absolute Gasteiger partial charge is 0.145 e. The van der Waals surface area contributed by atoms with E-state index in [0.29, 0.717) is 5.56 Å². The van der Waals surface area contributed by atoms with Crippen LogP contribution in [0.2, 0.25) is 0 Å². The van der Waals surface area contributed by atoms with Crippen LogP contribution in [-0.2, 0) is 11.8 Å². The Bertz CT molecular complexity index is 2390. The molecule has 0 aliphatic heterocycles. The number of nitrogens with zero attached hydrogens (tertiary/aromatic N) is 2. The monoisotopic (exact) mass is 550 g/mol. The molecule has 5 aromatic carbocycles. The van der Waals surface area contributed by atoms with Crippen molar-refractivity contribution in [3.8, 4) is 34.0 Å². The Morgan fingerprint density at radius 1 is 0.837 bits per heavy atom. The lowest BCUT2D eigenvalue weighted by Gasteiger charge is -2.21. The maximum atomic E-state index is 10.3. The van der Waals surface area contributed by atoms with Crippen molar-refractivity contribution < 1.29 is 4.42 Å². The molecule has 2 aliphatic rings. The van der Waals surface area contributed by atoms with Gasteiger partial charge in [-0.25, -0.2) is 0 Å². The van der Waals surface area contributed by atoms with Crippen molar-refractivity contribution in [2.45, 2.75) is 32.1 Å². The third-order valence-corrected chi connectivity index (χ3v) is 9.54. The summed E-state index contributed by atoms with van der Waals surface area (Å²) in [6, 6.07) is 39.0. The van der Waals surface area contributed by atoms with Gasteiger partial charge in [0.05, 0.1) is 28.2 Å². The van der Waals surface area contributed by atoms with Crippen molar-refractivity contribution in [3.05, 3.63) is 131 Å². The molecular formula is C40H26N2O. The maximum Gasteiger partial charge on any atom is 0.145 e. The van der Waals surface area contributed by atoms with Crippen molar-refractivity contribution in [2.24, 2.45) is 0 Å². The molecule has 202 valence electrons. The van der Waals surface area contributed by atoms with Crippen LogP contribution in [0.25, 0.3) is 66.9 Å². The highest BCUT2D eigenvalue weighted by Gasteiger charge is 2.36. The van der Waals surface area contributed by atoms with Crippen LogP contribution in [0.5, 0.6) is 0 Å². The summed E-state index contributed by atoms with van der Waals surface area (Å²) in [5.74, 6) is 0. The topological polar surface area (TPSA) is 41.9 Å². The van der Waals surface area contributed by atoms with E-state index in [1.807, 2.05) is 18.2 Å². The number of fused-ring (bicyclic) bond motifs is 9. The molecule has 0 saturated heterocycles. The van der Waals surface area contributed by atoms with Gasteiger partial charge in [-0.3, -0.25) is 0 Å². The molecule has 0 radical (unpaired) electrons. The van der Waals surface area contributed by atoms with E-state index in [-0.39, 0.29) is 5.41 Å². The minimum Gasteiger partial charge on any atom is -0.455 e. The molecule has 0 N–H and O–H groups in total. The van der Waals surface area contributed by atoms with Gasteiger partial charge in [-0.1, -0.05) is 86.7 Å². The van der Waals surface area contributed by atoms with Crippen molar-refractivity contribution in [1.29, 1.82) is 5.26 Å². The Kier molecular flexibility index (Phi) is 4.77. The normalized spacial score (nSPS) is 14.4. The molecule has 9 rings (SSSR count). The number of allylic oxidation sites excluding steroid dienone is 1. The molecular weight excluding hydrogens is 524 g/mol. The van der Waals surface area contributed by atoms with E-state index in [9.17, 15) is 5.26 Å². The zero-order valence-corrected chi connectivity index (χ0v) is 24.0. The van der Waals surface area contributed by atoms with E-state index < -0.39 is 0 Å². The molecule has 3 heteroatoms. The van der Waals surface area contributed by atoms with Gasteiger partial charge in [-0.2, -0.15) is 5.26 Å². The Balaban J connectivity index is 1.28. The molecule has 0 saturated carbocycles. The van der Waals surface area contributed by atoms with Crippen molar-refractivity contribution >= 4 is 38.9 Å². The summed E-state index contributed by atoms with van der Waals surface area (Å²) in [4.78, 5) is 0. The van der Waals surface area contributed by atoms with Gasteiger partial charge in [-0.15, -0.1) is 0 Å². The first-order chi connectivity index (χ1) is 21.0. The highest BCUT2D eigenvalue weighted by molar-refractivity contribution is 6.08. The quantitative estimate of drug-likeness (QED) is 0.215. The standard InChI is InChI=1S/C40H26N2O/c1-40(2)32-14-6-3-11-26(32)30-21-31-29-19-18-24(20-37(29)43-38(31)22-33(30)40)39-25(23-41)10-9-17-36(39)42-34-15-7-4-12-27(34)28-13-5-8-16-35(28)42/h3-7,9-15,17,20-22H,8,16H2,1-2H3. The lowest BCUT2D eigenvalue weighted by molar-refractivity contribution is 0.647. The molecule has 2 aromatic heterocycles. The summed E-state index contributed by atoms with van der Waals surface area (Å²) in [5, 5.41) is 13.5. The summed E-state index contributed by atoms with van der Waals surface area (Å²) in [6.07, 6.45) is 6.43. The van der Waals surface area contributed by atoms with Crippen LogP contribution >= 0.6 is 0 Å². The number of furan rings is 1. The lowest BCUT2D eigenvalue weighted by Crippen LogP contribution is -2.14. The number of hydrogen-bond donors (Lipinski definition) is 0. The number of benzene rings is 4. The number of aromatic nitrogens is 1. The van der Waals surface area contributed by atoms with Gasteiger partial charge in [0.1, 0.15) is 11.2 Å². The first kappa shape index (κ1) is 24.1. The number of para-hydroxylation sites is 1. The fraction of sp³-hybridized carbons (Fsp3) is 0.125. The van der Waals surface area contributed by atoms with Crippen LogP contribution in [0.1, 0.15) is 48.2 Å². The van der Waals surface area contributed by atoms with Crippen LogP contribution in [0.4, 0.5) is 0 Å². The molecule has 0 amide bonds. The van der Waals surface area contributed by atoms with E-state index in [2.05, 4.69) is 115 Å². The van der Waals surface area contributed by atoms with Gasteiger partial charge in [-0.05, 0) is 71.5 Å². The summed E-state index contributed by atoms with van der Waals surface area (Å²) >= 11 is 0. The number of hydrogen-bond acceptors (Lipinski definition) is 2. The minimum absolute atomic E-state index is 0.103. The van der Waals surface area contributed by atoms with Gasteiger partial charge in [0.2, 0.25) is 0 Å².